The van der Waals surface area contributed by atoms with Crippen LogP contribution in [0.3, 0.4) is 0 Å². The number of carbonyl (C=O) groups is 2. The van der Waals surface area contributed by atoms with Crippen molar-refractivity contribution in [1.29, 1.82) is 0 Å². The number of nitrogens with one attached hydrogen (secondary N) is 1. The number of amides is 1. The fraction of sp³-hybridized carbons (Fsp3) is 0.211. The lowest BCUT2D eigenvalue weighted by Gasteiger charge is -2.31. The molecule has 1 aliphatic heterocycles. The van der Waals surface area contributed by atoms with Gasteiger partial charge in [0.1, 0.15) is 0 Å². The highest BCUT2D eigenvalue weighted by Gasteiger charge is 2.46. The number of nitrogens with zero attached hydrogens (tertiary/aromatic N) is 3. The monoisotopic (exact) mass is 380 g/mol. The SMILES string of the molecule is CCOC(=O)[C@H]1C(=O)Nc2nc3ccccc3n2[C@H]1c1ccccc1[N+](=O)[O-]. The average Bonchev–Trinajstić information content (AvgIpc) is 3.04. The molecule has 28 heavy (non-hydrogen) atoms. The molecular weight excluding hydrogens is 364 g/mol. The van der Waals surface area contributed by atoms with Gasteiger partial charge in [-0.25, -0.2) is 4.98 Å². The summed E-state index contributed by atoms with van der Waals surface area (Å²) in [7, 11) is 0. The number of nitro benzene ring substituents is 1. The lowest BCUT2D eigenvalue weighted by atomic mass is 9.89. The number of nitro groups is 1. The maximum absolute atomic E-state index is 12.8. The Morgan fingerprint density at radius 1 is 1.25 bits per heavy atom. The minimum Gasteiger partial charge on any atom is -0.465 e. The third kappa shape index (κ3) is 2.68. The van der Waals surface area contributed by atoms with E-state index in [4.69, 9.17) is 4.74 Å². The molecular formula is C19H16N4O5. The van der Waals surface area contributed by atoms with Gasteiger partial charge in [-0.3, -0.25) is 25.0 Å². The van der Waals surface area contributed by atoms with Gasteiger partial charge in [0.2, 0.25) is 11.9 Å². The molecule has 0 spiro atoms. The molecule has 2 heterocycles. The van der Waals surface area contributed by atoms with E-state index in [0.29, 0.717) is 11.0 Å². The zero-order valence-electron chi connectivity index (χ0n) is 14.9. The molecule has 3 aromatic rings. The van der Waals surface area contributed by atoms with E-state index in [0.717, 1.165) is 0 Å². The first-order valence-electron chi connectivity index (χ1n) is 8.70. The summed E-state index contributed by atoms with van der Waals surface area (Å²) in [5, 5.41) is 14.3. The predicted molar refractivity (Wildman–Crippen MR) is 99.7 cm³/mol. The van der Waals surface area contributed by atoms with Crippen LogP contribution in [0.4, 0.5) is 11.6 Å². The van der Waals surface area contributed by atoms with Crippen molar-refractivity contribution in [3.05, 3.63) is 64.2 Å². The van der Waals surface area contributed by atoms with Gasteiger partial charge < -0.3 is 9.30 Å². The Bertz CT molecular complexity index is 1110. The maximum Gasteiger partial charge on any atom is 0.321 e. The summed E-state index contributed by atoms with van der Waals surface area (Å²) >= 11 is 0. The van der Waals surface area contributed by atoms with Crippen molar-refractivity contribution >= 4 is 34.5 Å². The van der Waals surface area contributed by atoms with Crippen molar-refractivity contribution in [2.75, 3.05) is 11.9 Å². The number of aromatic nitrogens is 2. The van der Waals surface area contributed by atoms with E-state index < -0.39 is 28.8 Å². The number of benzene rings is 2. The Balaban J connectivity index is 2.02. The van der Waals surface area contributed by atoms with Crippen LogP contribution in [0.15, 0.2) is 48.5 Å². The Hall–Kier alpha value is -3.75. The molecule has 142 valence electrons. The van der Waals surface area contributed by atoms with Crippen molar-refractivity contribution in [2.24, 2.45) is 5.92 Å². The molecule has 1 amide bonds. The minimum absolute atomic E-state index is 0.0871. The molecule has 0 saturated heterocycles. The summed E-state index contributed by atoms with van der Waals surface area (Å²) in [4.78, 5) is 40.9. The summed E-state index contributed by atoms with van der Waals surface area (Å²) in [6.45, 7) is 1.72. The number of esters is 1. The first-order valence-corrected chi connectivity index (χ1v) is 8.70. The second kappa shape index (κ2) is 6.76. The first kappa shape index (κ1) is 17.7. The highest BCUT2D eigenvalue weighted by molar-refractivity contribution is 6.07. The Morgan fingerprint density at radius 2 is 1.96 bits per heavy atom. The molecule has 1 aromatic heterocycles. The highest BCUT2D eigenvalue weighted by Crippen LogP contribution is 2.41. The topological polar surface area (TPSA) is 116 Å². The largest absolute Gasteiger partial charge is 0.465 e. The number of para-hydroxylation sites is 3. The molecule has 0 bridgehead atoms. The lowest BCUT2D eigenvalue weighted by molar-refractivity contribution is -0.385. The summed E-state index contributed by atoms with van der Waals surface area (Å²) in [6.07, 6.45) is 0. The summed E-state index contributed by atoms with van der Waals surface area (Å²) in [6, 6.07) is 12.3. The van der Waals surface area contributed by atoms with E-state index in [1.807, 2.05) is 0 Å². The van der Waals surface area contributed by atoms with Crippen molar-refractivity contribution in [3.63, 3.8) is 0 Å². The number of anilines is 1. The van der Waals surface area contributed by atoms with Gasteiger partial charge in [0, 0.05) is 6.07 Å². The molecule has 1 aliphatic rings. The second-order valence-electron chi connectivity index (χ2n) is 6.27. The molecule has 0 fully saturated rings. The number of imidazole rings is 1. The number of carbonyl (C=O) groups excluding carboxylic acids is 2. The maximum atomic E-state index is 12.8. The van der Waals surface area contributed by atoms with Crippen LogP contribution in [0.2, 0.25) is 0 Å². The Kier molecular flexibility index (Phi) is 4.26. The second-order valence-corrected chi connectivity index (χ2v) is 6.27. The number of hydrogen-bond donors (Lipinski definition) is 1. The van der Waals surface area contributed by atoms with Crippen molar-refractivity contribution < 1.29 is 19.2 Å². The van der Waals surface area contributed by atoms with Crippen LogP contribution < -0.4 is 5.32 Å². The number of rotatable bonds is 4. The van der Waals surface area contributed by atoms with Gasteiger partial charge in [0.05, 0.1) is 34.2 Å². The molecule has 4 rings (SSSR count). The number of fused-ring (bicyclic) bond motifs is 3. The first-order chi connectivity index (χ1) is 13.5. The molecule has 1 N–H and O–H groups in total. The molecule has 0 aliphatic carbocycles. The average molecular weight is 380 g/mol. The smallest absolute Gasteiger partial charge is 0.321 e. The van der Waals surface area contributed by atoms with Crippen molar-refractivity contribution in [2.45, 2.75) is 13.0 Å². The summed E-state index contributed by atoms with van der Waals surface area (Å²) in [5.74, 6) is -2.41. The molecule has 0 unspecified atom stereocenters. The number of hydrogen-bond acceptors (Lipinski definition) is 6. The third-order valence-electron chi connectivity index (χ3n) is 4.70. The van der Waals surface area contributed by atoms with Gasteiger partial charge in [-0.2, -0.15) is 0 Å². The van der Waals surface area contributed by atoms with E-state index >= 15 is 0 Å². The quantitative estimate of drug-likeness (QED) is 0.322. The van der Waals surface area contributed by atoms with E-state index in [1.165, 1.54) is 12.1 Å². The molecule has 9 heteroatoms. The molecule has 0 radical (unpaired) electrons. The minimum atomic E-state index is -1.29. The van der Waals surface area contributed by atoms with Gasteiger partial charge in [0.25, 0.3) is 5.69 Å². The van der Waals surface area contributed by atoms with E-state index in [2.05, 4.69) is 10.3 Å². The standard InChI is InChI=1S/C19H16N4O5/c1-2-28-18(25)15-16(11-7-3-5-9-13(11)23(26)27)22-14-10-6-4-8-12(14)20-19(22)21-17(15)24/h3-10,15-16H,2H2,1H3,(H,20,21,24)/t15-,16+/m1/s1. The predicted octanol–water partition coefficient (Wildman–Crippen LogP) is 2.67. The highest BCUT2D eigenvalue weighted by atomic mass is 16.6. The van der Waals surface area contributed by atoms with Crippen LogP contribution in [0, 0.1) is 16.0 Å². The van der Waals surface area contributed by atoms with Crippen LogP contribution >= 0.6 is 0 Å². The molecule has 2 aromatic carbocycles. The van der Waals surface area contributed by atoms with Gasteiger partial charge in [0.15, 0.2) is 5.92 Å². The zero-order valence-corrected chi connectivity index (χ0v) is 14.9. The van der Waals surface area contributed by atoms with Crippen LogP contribution in [0.1, 0.15) is 18.5 Å². The van der Waals surface area contributed by atoms with Crippen LogP contribution in [0.5, 0.6) is 0 Å². The zero-order chi connectivity index (χ0) is 19.8. The fourth-order valence-electron chi connectivity index (χ4n) is 3.59. The van der Waals surface area contributed by atoms with E-state index in [-0.39, 0.29) is 23.8 Å². The van der Waals surface area contributed by atoms with Crippen molar-refractivity contribution in [1.82, 2.24) is 9.55 Å². The van der Waals surface area contributed by atoms with Gasteiger partial charge in [-0.1, -0.05) is 30.3 Å². The molecule has 9 nitrogen and oxygen atoms in total. The molecule has 0 saturated carbocycles. The summed E-state index contributed by atoms with van der Waals surface area (Å²) < 4.78 is 6.76. The van der Waals surface area contributed by atoms with Crippen LogP contribution in [0.25, 0.3) is 11.0 Å². The van der Waals surface area contributed by atoms with Gasteiger partial charge in [-0.05, 0) is 19.1 Å². The Morgan fingerprint density at radius 3 is 2.71 bits per heavy atom. The fourth-order valence-corrected chi connectivity index (χ4v) is 3.59. The molecule has 2 atom stereocenters. The lowest BCUT2D eigenvalue weighted by Crippen LogP contribution is -2.43. The third-order valence-corrected chi connectivity index (χ3v) is 4.70. The van der Waals surface area contributed by atoms with Gasteiger partial charge in [-0.15, -0.1) is 0 Å². The Labute approximate surface area is 159 Å². The summed E-state index contributed by atoms with van der Waals surface area (Å²) in [5.41, 5.74) is 1.31. The van der Waals surface area contributed by atoms with Gasteiger partial charge >= 0.3 is 5.97 Å². The van der Waals surface area contributed by atoms with Crippen LogP contribution in [-0.2, 0) is 14.3 Å². The normalized spacial score (nSPS) is 18.4. The van der Waals surface area contributed by atoms with Crippen LogP contribution in [-0.4, -0.2) is 33.0 Å². The van der Waals surface area contributed by atoms with E-state index in [9.17, 15) is 19.7 Å². The van der Waals surface area contributed by atoms with E-state index in [1.54, 1.807) is 47.9 Å². The van der Waals surface area contributed by atoms with Crippen molar-refractivity contribution in [3.8, 4) is 0 Å². The number of ether oxygens (including phenoxy) is 1.